The molecule has 0 radical (unpaired) electrons. The molecule has 2 aliphatic heterocycles. The van der Waals surface area contributed by atoms with Gasteiger partial charge in [0.1, 0.15) is 0 Å². The molecule has 0 saturated carbocycles. The molecule has 1 aromatic heterocycles. The SMILES string of the molecule is Cc1cc(C)c(B2c3cc(-c4ccccc4)cc4c3-n3c5c2cccc5c2cccc(c23)B4c2c(C)cc(C)cc2C)c(C)c1. The fraction of sp³-hybridized carbons (Fsp3) is 0.143. The van der Waals surface area contributed by atoms with Crippen molar-refractivity contribution in [3.63, 3.8) is 0 Å². The molecule has 0 atom stereocenters. The lowest BCUT2D eigenvalue weighted by Crippen LogP contribution is -2.64. The van der Waals surface area contributed by atoms with Crippen molar-refractivity contribution in [1.29, 1.82) is 0 Å². The van der Waals surface area contributed by atoms with Gasteiger partial charge in [0.05, 0.1) is 0 Å². The monoisotopic (exact) mass is 575 g/mol. The quantitative estimate of drug-likeness (QED) is 0.229. The Hall–Kier alpha value is -4.75. The van der Waals surface area contributed by atoms with Gasteiger partial charge < -0.3 is 4.57 Å². The van der Waals surface area contributed by atoms with Crippen molar-refractivity contribution in [2.24, 2.45) is 0 Å². The first-order valence-corrected chi connectivity index (χ1v) is 16.3. The van der Waals surface area contributed by atoms with E-state index in [1.54, 1.807) is 0 Å². The fourth-order valence-electron chi connectivity index (χ4n) is 9.28. The lowest BCUT2D eigenvalue weighted by Gasteiger charge is -2.36. The van der Waals surface area contributed by atoms with Gasteiger partial charge in [-0.25, -0.2) is 0 Å². The summed E-state index contributed by atoms with van der Waals surface area (Å²) in [4.78, 5) is 0. The summed E-state index contributed by atoms with van der Waals surface area (Å²) >= 11 is 0. The van der Waals surface area contributed by atoms with Crippen molar-refractivity contribution >= 4 is 68.0 Å². The minimum absolute atomic E-state index is 0.144. The molecule has 0 spiro atoms. The lowest BCUT2D eigenvalue weighted by atomic mass is 9.30. The molecule has 0 saturated heterocycles. The molecule has 1 nitrogen and oxygen atoms in total. The van der Waals surface area contributed by atoms with E-state index in [1.807, 2.05) is 0 Å². The maximum absolute atomic E-state index is 2.65. The third-order valence-corrected chi connectivity index (χ3v) is 10.7. The predicted molar refractivity (Wildman–Crippen MR) is 197 cm³/mol. The van der Waals surface area contributed by atoms with Gasteiger partial charge in [0.2, 0.25) is 13.4 Å². The van der Waals surface area contributed by atoms with Crippen LogP contribution in [0.25, 0.3) is 38.6 Å². The fourth-order valence-corrected chi connectivity index (χ4v) is 9.28. The van der Waals surface area contributed by atoms with E-state index in [4.69, 9.17) is 0 Å². The highest BCUT2D eigenvalue weighted by Gasteiger charge is 2.43. The molecule has 0 fully saturated rings. The van der Waals surface area contributed by atoms with Crippen LogP contribution >= 0.6 is 0 Å². The van der Waals surface area contributed by atoms with Crippen LogP contribution in [0.3, 0.4) is 0 Å². The Kier molecular flexibility index (Phi) is 5.55. The minimum Gasteiger partial charge on any atom is -0.311 e. The summed E-state index contributed by atoms with van der Waals surface area (Å²) in [6, 6.07) is 39.6. The molecule has 3 heteroatoms. The number of nitrogens with zero attached hydrogens (tertiary/aromatic N) is 1. The van der Waals surface area contributed by atoms with Gasteiger partial charge in [0.25, 0.3) is 0 Å². The molecule has 3 heterocycles. The molecule has 45 heavy (non-hydrogen) atoms. The summed E-state index contributed by atoms with van der Waals surface area (Å²) < 4.78 is 2.65. The number of aromatic nitrogens is 1. The van der Waals surface area contributed by atoms with E-state index in [-0.39, 0.29) is 13.4 Å². The highest BCUT2D eigenvalue weighted by molar-refractivity contribution is 7.02. The molecule has 0 N–H and O–H groups in total. The van der Waals surface area contributed by atoms with Gasteiger partial charge in [-0.15, -0.1) is 0 Å². The van der Waals surface area contributed by atoms with E-state index >= 15 is 0 Å². The van der Waals surface area contributed by atoms with Gasteiger partial charge >= 0.3 is 0 Å². The number of benzene rings is 6. The molecule has 9 rings (SSSR count). The van der Waals surface area contributed by atoms with Crippen molar-refractivity contribution in [1.82, 2.24) is 4.57 Å². The van der Waals surface area contributed by atoms with E-state index in [1.165, 1.54) is 105 Å². The normalized spacial score (nSPS) is 13.0. The number of aryl methyl sites for hydroxylation is 6. The van der Waals surface area contributed by atoms with Crippen LogP contribution in [0.15, 0.2) is 103 Å². The second-order valence-electron chi connectivity index (χ2n) is 13.7. The summed E-state index contributed by atoms with van der Waals surface area (Å²) in [5.74, 6) is 0. The van der Waals surface area contributed by atoms with E-state index in [0.29, 0.717) is 0 Å². The van der Waals surface area contributed by atoms with Gasteiger partial charge in [0.15, 0.2) is 0 Å². The van der Waals surface area contributed by atoms with Crippen LogP contribution in [0.5, 0.6) is 0 Å². The Morgan fingerprint density at radius 1 is 0.422 bits per heavy atom. The molecule has 0 unspecified atom stereocenters. The smallest absolute Gasteiger partial charge is 0.247 e. The van der Waals surface area contributed by atoms with Crippen LogP contribution in [0.4, 0.5) is 0 Å². The Morgan fingerprint density at radius 3 is 1.31 bits per heavy atom. The highest BCUT2D eigenvalue weighted by atomic mass is 15.0. The van der Waals surface area contributed by atoms with Crippen LogP contribution in [-0.4, -0.2) is 18.0 Å². The van der Waals surface area contributed by atoms with Gasteiger partial charge in [-0.3, -0.25) is 0 Å². The van der Waals surface area contributed by atoms with E-state index in [9.17, 15) is 0 Å². The zero-order valence-electron chi connectivity index (χ0n) is 26.9. The maximum atomic E-state index is 2.65. The third-order valence-electron chi connectivity index (χ3n) is 10.7. The topological polar surface area (TPSA) is 4.93 Å². The van der Waals surface area contributed by atoms with Crippen LogP contribution in [-0.2, 0) is 0 Å². The number of rotatable bonds is 3. The lowest BCUT2D eigenvalue weighted by molar-refractivity contribution is 1.20. The molecule has 214 valence electrons. The third kappa shape index (κ3) is 3.59. The molecule has 0 bridgehead atoms. The summed E-state index contributed by atoms with van der Waals surface area (Å²) in [5.41, 5.74) is 23.4. The maximum Gasteiger partial charge on any atom is 0.247 e. The van der Waals surface area contributed by atoms with E-state index in [2.05, 4.69) is 149 Å². The van der Waals surface area contributed by atoms with Crippen molar-refractivity contribution in [3.05, 3.63) is 137 Å². The van der Waals surface area contributed by atoms with E-state index in [0.717, 1.165) is 0 Å². The summed E-state index contributed by atoms with van der Waals surface area (Å²) in [6.07, 6.45) is 0. The van der Waals surface area contributed by atoms with Crippen LogP contribution in [0, 0.1) is 41.5 Å². The zero-order valence-corrected chi connectivity index (χ0v) is 26.9. The Labute approximate surface area is 266 Å². The molecule has 7 aromatic rings. The Balaban J connectivity index is 1.52. The van der Waals surface area contributed by atoms with Gasteiger partial charge in [0, 0.05) is 27.5 Å². The van der Waals surface area contributed by atoms with Crippen molar-refractivity contribution < 1.29 is 0 Å². The van der Waals surface area contributed by atoms with Crippen molar-refractivity contribution in [2.45, 2.75) is 41.5 Å². The molecule has 0 amide bonds. The summed E-state index contributed by atoms with van der Waals surface area (Å²) in [6.45, 7) is 14.0. The summed E-state index contributed by atoms with van der Waals surface area (Å²) in [7, 11) is 0. The number of fused-ring (bicyclic) bond motifs is 1. The van der Waals surface area contributed by atoms with Gasteiger partial charge in [-0.2, -0.15) is 0 Å². The first kappa shape index (κ1) is 26.6. The standard InChI is InChI=1S/C42H35B2N/c1-24-18-26(3)38(27(4)19-24)43-34-16-10-14-32-33-15-11-17-35-41(33)45(40(32)34)42-36(43)22-31(30-12-8-7-9-13-30)23-37(42)44(35)39-28(5)20-25(2)21-29(39)6/h7-23H,1-6H3. The second kappa shape index (κ2) is 9.38. The van der Waals surface area contributed by atoms with E-state index < -0.39 is 0 Å². The van der Waals surface area contributed by atoms with Gasteiger partial charge in [-0.1, -0.05) is 147 Å². The van der Waals surface area contributed by atoms with Crippen LogP contribution in [0.1, 0.15) is 33.4 Å². The average Bonchev–Trinajstić information content (AvgIpc) is 3.35. The Bertz CT molecular complexity index is 2210. The van der Waals surface area contributed by atoms with Crippen molar-refractivity contribution in [2.75, 3.05) is 0 Å². The molecular weight excluding hydrogens is 540 g/mol. The number of hydrogen-bond donors (Lipinski definition) is 0. The highest BCUT2D eigenvalue weighted by Crippen LogP contribution is 2.36. The molecular formula is C42H35B2N. The van der Waals surface area contributed by atoms with Gasteiger partial charge in [-0.05, 0) is 74.5 Å². The second-order valence-corrected chi connectivity index (χ2v) is 13.7. The van der Waals surface area contributed by atoms with Crippen LogP contribution < -0.4 is 32.8 Å². The summed E-state index contributed by atoms with van der Waals surface area (Å²) in [5, 5.41) is 2.72. The first-order valence-electron chi connectivity index (χ1n) is 16.3. The first-order chi connectivity index (χ1) is 21.8. The molecule has 0 aliphatic carbocycles. The largest absolute Gasteiger partial charge is 0.311 e. The Morgan fingerprint density at radius 2 is 0.867 bits per heavy atom. The number of hydrogen-bond acceptors (Lipinski definition) is 0. The van der Waals surface area contributed by atoms with Crippen LogP contribution in [0.2, 0.25) is 0 Å². The average molecular weight is 575 g/mol. The molecule has 2 aliphatic rings. The minimum atomic E-state index is 0.144. The molecule has 6 aromatic carbocycles. The zero-order chi connectivity index (χ0) is 30.7. The number of para-hydroxylation sites is 2. The predicted octanol–water partition coefficient (Wildman–Crippen LogP) is 5.96. The van der Waals surface area contributed by atoms with Crippen molar-refractivity contribution in [3.8, 4) is 16.8 Å².